The van der Waals surface area contributed by atoms with Gasteiger partial charge in [0.05, 0.1) is 18.1 Å². The first-order valence-electron chi connectivity index (χ1n) is 4.97. The van der Waals surface area contributed by atoms with Gasteiger partial charge in [0.2, 0.25) is 0 Å². The Kier molecular flexibility index (Phi) is 3.18. The van der Waals surface area contributed by atoms with Crippen molar-refractivity contribution < 1.29 is 0 Å². The van der Waals surface area contributed by atoms with Gasteiger partial charge in [-0.3, -0.25) is 0 Å². The maximum Gasteiger partial charge on any atom is 0.0947 e. The number of likely N-dealkylation sites (N-methyl/N-ethyl adjacent to an activating group) is 1. The first-order valence-corrected chi connectivity index (χ1v) is 5.85. The number of hydrogen-bond acceptors (Lipinski definition) is 3. The van der Waals surface area contributed by atoms with Gasteiger partial charge < -0.3 is 9.88 Å². The van der Waals surface area contributed by atoms with E-state index in [1.165, 1.54) is 4.88 Å². The van der Waals surface area contributed by atoms with Crippen LogP contribution < -0.4 is 5.32 Å². The van der Waals surface area contributed by atoms with E-state index in [2.05, 4.69) is 34.0 Å². The van der Waals surface area contributed by atoms with E-state index in [1.807, 2.05) is 25.0 Å². The monoisotopic (exact) mass is 221 g/mol. The van der Waals surface area contributed by atoms with Crippen LogP contribution in [0.4, 0.5) is 0 Å². The Morgan fingerprint density at radius 3 is 3.00 bits per heavy atom. The molecule has 15 heavy (non-hydrogen) atoms. The van der Waals surface area contributed by atoms with Gasteiger partial charge in [-0.25, -0.2) is 4.98 Å². The van der Waals surface area contributed by atoms with Crippen LogP contribution in [-0.4, -0.2) is 16.6 Å². The highest BCUT2D eigenvalue weighted by atomic mass is 32.1. The highest BCUT2D eigenvalue weighted by molar-refractivity contribution is 7.09. The first kappa shape index (κ1) is 10.4. The Labute approximate surface area is 93.8 Å². The molecule has 2 aromatic heterocycles. The predicted molar refractivity (Wildman–Crippen MR) is 63.0 cm³/mol. The van der Waals surface area contributed by atoms with Crippen LogP contribution in [0.1, 0.15) is 16.6 Å². The van der Waals surface area contributed by atoms with E-state index in [0.717, 1.165) is 12.1 Å². The standard InChI is InChI=1S/C11H15N3S/c1-12-10(6-9-4-3-5-15-9)11-7-14(2)8-13-11/h3-5,7-8,10,12H,6H2,1-2H3. The summed E-state index contributed by atoms with van der Waals surface area (Å²) in [5, 5.41) is 5.41. The van der Waals surface area contributed by atoms with Gasteiger partial charge >= 0.3 is 0 Å². The third-order valence-electron chi connectivity index (χ3n) is 2.42. The minimum atomic E-state index is 0.310. The fourth-order valence-electron chi connectivity index (χ4n) is 1.60. The van der Waals surface area contributed by atoms with E-state index in [4.69, 9.17) is 0 Å². The molecule has 0 aliphatic rings. The largest absolute Gasteiger partial charge is 0.340 e. The molecule has 0 aliphatic heterocycles. The summed E-state index contributed by atoms with van der Waals surface area (Å²) in [6.07, 6.45) is 4.91. The highest BCUT2D eigenvalue weighted by Crippen LogP contribution is 2.19. The second kappa shape index (κ2) is 4.59. The van der Waals surface area contributed by atoms with Gasteiger partial charge in [0.15, 0.2) is 0 Å². The summed E-state index contributed by atoms with van der Waals surface area (Å²) in [7, 11) is 3.97. The van der Waals surface area contributed by atoms with Crippen LogP contribution in [0.3, 0.4) is 0 Å². The molecule has 3 nitrogen and oxygen atoms in total. The summed E-state index contributed by atoms with van der Waals surface area (Å²) in [5.41, 5.74) is 1.11. The Balaban J connectivity index is 2.11. The fraction of sp³-hybridized carbons (Fsp3) is 0.364. The lowest BCUT2D eigenvalue weighted by Gasteiger charge is -2.12. The molecule has 1 atom stereocenters. The van der Waals surface area contributed by atoms with Crippen LogP contribution in [0, 0.1) is 0 Å². The zero-order valence-corrected chi connectivity index (χ0v) is 9.79. The smallest absolute Gasteiger partial charge is 0.0947 e. The van der Waals surface area contributed by atoms with E-state index in [9.17, 15) is 0 Å². The summed E-state index contributed by atoms with van der Waals surface area (Å²) in [5.74, 6) is 0. The normalized spacial score (nSPS) is 12.9. The number of thiophene rings is 1. The summed E-state index contributed by atoms with van der Waals surface area (Å²) < 4.78 is 1.98. The lowest BCUT2D eigenvalue weighted by Crippen LogP contribution is -2.18. The Morgan fingerprint density at radius 2 is 2.47 bits per heavy atom. The fourth-order valence-corrected chi connectivity index (χ4v) is 2.35. The van der Waals surface area contributed by atoms with Crippen LogP contribution in [-0.2, 0) is 13.5 Å². The van der Waals surface area contributed by atoms with Gasteiger partial charge in [-0.1, -0.05) is 6.07 Å². The number of rotatable bonds is 4. The molecule has 0 spiro atoms. The number of hydrogen-bond donors (Lipinski definition) is 1. The van der Waals surface area contributed by atoms with Crippen LogP contribution in [0.25, 0.3) is 0 Å². The molecule has 0 saturated carbocycles. The zero-order valence-electron chi connectivity index (χ0n) is 8.97. The van der Waals surface area contributed by atoms with Gasteiger partial charge in [0.1, 0.15) is 0 Å². The van der Waals surface area contributed by atoms with E-state index >= 15 is 0 Å². The maximum absolute atomic E-state index is 4.37. The minimum absolute atomic E-state index is 0.310. The molecule has 0 radical (unpaired) electrons. The number of imidazole rings is 1. The maximum atomic E-state index is 4.37. The van der Waals surface area contributed by atoms with Gasteiger partial charge in [-0.05, 0) is 18.5 Å². The topological polar surface area (TPSA) is 29.9 Å². The molecule has 1 unspecified atom stereocenters. The van der Waals surface area contributed by atoms with Crippen molar-refractivity contribution in [2.75, 3.05) is 7.05 Å². The molecular weight excluding hydrogens is 206 g/mol. The lowest BCUT2D eigenvalue weighted by atomic mass is 10.1. The molecule has 0 aromatic carbocycles. The van der Waals surface area contributed by atoms with Crippen LogP contribution >= 0.6 is 11.3 Å². The quantitative estimate of drug-likeness (QED) is 0.855. The van der Waals surface area contributed by atoms with Crippen LogP contribution in [0.5, 0.6) is 0 Å². The first-order chi connectivity index (χ1) is 7.29. The average Bonchev–Trinajstić information content (AvgIpc) is 2.85. The number of aryl methyl sites for hydroxylation is 1. The lowest BCUT2D eigenvalue weighted by molar-refractivity contribution is 0.582. The summed E-state index contributed by atoms with van der Waals surface area (Å²) >= 11 is 1.79. The molecule has 0 aliphatic carbocycles. The third-order valence-corrected chi connectivity index (χ3v) is 3.31. The molecular formula is C11H15N3S. The second-order valence-corrected chi connectivity index (χ2v) is 4.62. The van der Waals surface area contributed by atoms with E-state index in [1.54, 1.807) is 11.3 Å². The van der Waals surface area contributed by atoms with Gasteiger partial charge in [-0.2, -0.15) is 0 Å². The molecule has 0 fully saturated rings. The Morgan fingerprint density at radius 1 is 1.60 bits per heavy atom. The average molecular weight is 221 g/mol. The molecule has 4 heteroatoms. The molecule has 0 bridgehead atoms. The van der Waals surface area contributed by atoms with E-state index in [-0.39, 0.29) is 0 Å². The van der Waals surface area contributed by atoms with Crippen molar-refractivity contribution in [2.24, 2.45) is 7.05 Å². The Hall–Kier alpha value is -1.13. The van der Waals surface area contributed by atoms with Crippen LogP contribution in [0.15, 0.2) is 30.0 Å². The second-order valence-electron chi connectivity index (χ2n) is 3.59. The molecule has 80 valence electrons. The molecule has 0 saturated heterocycles. The highest BCUT2D eigenvalue weighted by Gasteiger charge is 2.12. The number of nitrogens with zero attached hydrogens (tertiary/aromatic N) is 2. The number of nitrogens with one attached hydrogen (secondary N) is 1. The SMILES string of the molecule is CNC(Cc1cccs1)c1cn(C)cn1. The predicted octanol–water partition coefficient (Wildman–Crippen LogP) is 1.98. The number of aromatic nitrogens is 2. The minimum Gasteiger partial charge on any atom is -0.340 e. The Bertz CT molecular complexity index is 405. The van der Waals surface area contributed by atoms with Gasteiger partial charge in [0.25, 0.3) is 0 Å². The third kappa shape index (κ3) is 2.46. The molecule has 0 amide bonds. The molecule has 2 rings (SSSR count). The van der Waals surface area contributed by atoms with Crippen molar-refractivity contribution in [3.63, 3.8) is 0 Å². The van der Waals surface area contributed by atoms with Crippen molar-refractivity contribution in [3.8, 4) is 0 Å². The van der Waals surface area contributed by atoms with Crippen molar-refractivity contribution in [1.29, 1.82) is 0 Å². The van der Waals surface area contributed by atoms with E-state index in [0.29, 0.717) is 6.04 Å². The summed E-state index contributed by atoms with van der Waals surface area (Å²) in [6, 6.07) is 4.56. The molecule has 2 aromatic rings. The van der Waals surface area contributed by atoms with Crippen molar-refractivity contribution in [2.45, 2.75) is 12.5 Å². The van der Waals surface area contributed by atoms with E-state index < -0.39 is 0 Å². The van der Waals surface area contributed by atoms with Crippen LogP contribution in [0.2, 0.25) is 0 Å². The summed E-state index contributed by atoms with van der Waals surface area (Å²) in [6.45, 7) is 0. The molecule has 1 N–H and O–H groups in total. The van der Waals surface area contributed by atoms with Gasteiger partial charge in [0, 0.05) is 24.5 Å². The van der Waals surface area contributed by atoms with Gasteiger partial charge in [-0.15, -0.1) is 11.3 Å². The zero-order chi connectivity index (χ0) is 10.7. The van der Waals surface area contributed by atoms with Crippen molar-refractivity contribution in [3.05, 3.63) is 40.6 Å². The van der Waals surface area contributed by atoms with Crippen molar-refractivity contribution in [1.82, 2.24) is 14.9 Å². The molecule has 2 heterocycles. The summed E-state index contributed by atoms with van der Waals surface area (Å²) in [4.78, 5) is 5.76. The van der Waals surface area contributed by atoms with Crippen molar-refractivity contribution >= 4 is 11.3 Å².